The van der Waals surface area contributed by atoms with Crippen LogP contribution in [0.3, 0.4) is 0 Å². The van der Waals surface area contributed by atoms with E-state index in [2.05, 4.69) is 33.1 Å². The lowest BCUT2D eigenvalue weighted by molar-refractivity contribution is 0.628. The highest BCUT2D eigenvalue weighted by Crippen LogP contribution is 1.99. The molecule has 0 fully saturated rings. The van der Waals surface area contributed by atoms with Crippen LogP contribution in [0.4, 0.5) is 0 Å². The molecule has 2 rings (SSSR count). The van der Waals surface area contributed by atoms with Gasteiger partial charge in [-0.25, -0.2) is 4.98 Å². The molecule has 1 N–H and O–H groups in total. The van der Waals surface area contributed by atoms with Crippen molar-refractivity contribution in [3.8, 4) is 0 Å². The van der Waals surface area contributed by atoms with Gasteiger partial charge in [0.15, 0.2) is 0 Å². The number of hydrogen-bond donors (Lipinski definition) is 1. The van der Waals surface area contributed by atoms with Gasteiger partial charge >= 0.3 is 0 Å². The predicted octanol–water partition coefficient (Wildman–Crippen LogP) is 0.969. The van der Waals surface area contributed by atoms with E-state index < -0.39 is 0 Å². The van der Waals surface area contributed by atoms with E-state index in [0.717, 1.165) is 26.1 Å². The second kappa shape index (κ2) is 5.63. The van der Waals surface area contributed by atoms with Crippen molar-refractivity contribution in [2.75, 3.05) is 6.54 Å². The third kappa shape index (κ3) is 3.17. The van der Waals surface area contributed by atoms with Crippen LogP contribution in [0.5, 0.6) is 0 Å². The summed E-state index contributed by atoms with van der Waals surface area (Å²) >= 11 is 0. The molecule has 2 heterocycles. The maximum absolute atomic E-state index is 4.15. The summed E-state index contributed by atoms with van der Waals surface area (Å²) in [7, 11) is 1.94. The van der Waals surface area contributed by atoms with Gasteiger partial charge in [-0.15, -0.1) is 0 Å². The van der Waals surface area contributed by atoms with Crippen LogP contribution in [0.25, 0.3) is 0 Å². The maximum Gasteiger partial charge on any atom is 0.0948 e. The number of nitrogens with one attached hydrogen (secondary N) is 1. The van der Waals surface area contributed by atoms with Crippen LogP contribution < -0.4 is 5.32 Å². The molecule has 0 aromatic carbocycles. The minimum Gasteiger partial charge on any atom is -0.334 e. The minimum atomic E-state index is 0.869. The summed E-state index contributed by atoms with van der Waals surface area (Å²) in [5.74, 6) is 0. The van der Waals surface area contributed by atoms with Crippen LogP contribution in [0, 0.1) is 0 Å². The normalized spacial score (nSPS) is 10.9. The Hall–Kier alpha value is -1.62. The number of nitrogens with zero attached hydrogens (tertiary/aromatic N) is 4. The van der Waals surface area contributed by atoms with Gasteiger partial charge in [0, 0.05) is 32.5 Å². The average molecular weight is 233 g/mol. The Balaban J connectivity index is 1.73. The van der Waals surface area contributed by atoms with E-state index in [1.54, 1.807) is 0 Å². The SMILES string of the molecule is CCn1cncc1CNCCc1cnn(C)c1. The zero-order chi connectivity index (χ0) is 12.1. The summed E-state index contributed by atoms with van der Waals surface area (Å²) in [4.78, 5) is 4.14. The average Bonchev–Trinajstić information content (AvgIpc) is 2.93. The van der Waals surface area contributed by atoms with E-state index >= 15 is 0 Å². The van der Waals surface area contributed by atoms with Crippen LogP contribution in [-0.2, 0) is 26.6 Å². The van der Waals surface area contributed by atoms with E-state index in [-0.39, 0.29) is 0 Å². The summed E-state index contributed by atoms with van der Waals surface area (Å²) in [6, 6.07) is 0. The van der Waals surface area contributed by atoms with Gasteiger partial charge in [-0.3, -0.25) is 4.68 Å². The highest BCUT2D eigenvalue weighted by atomic mass is 15.2. The zero-order valence-corrected chi connectivity index (χ0v) is 10.4. The van der Waals surface area contributed by atoms with E-state index in [4.69, 9.17) is 0 Å². The number of hydrogen-bond acceptors (Lipinski definition) is 3. The molecule has 0 aliphatic heterocycles. The first-order valence-corrected chi connectivity index (χ1v) is 5.97. The van der Waals surface area contributed by atoms with Crippen LogP contribution in [-0.4, -0.2) is 25.9 Å². The summed E-state index contributed by atoms with van der Waals surface area (Å²) in [6.07, 6.45) is 8.77. The first-order chi connectivity index (χ1) is 8.29. The van der Waals surface area contributed by atoms with Gasteiger partial charge < -0.3 is 9.88 Å². The lowest BCUT2D eigenvalue weighted by Gasteiger charge is -2.06. The lowest BCUT2D eigenvalue weighted by atomic mass is 10.2. The molecule has 0 aliphatic rings. The fourth-order valence-corrected chi connectivity index (χ4v) is 1.83. The van der Waals surface area contributed by atoms with Gasteiger partial charge in [0.2, 0.25) is 0 Å². The molecule has 2 aromatic rings. The molecule has 17 heavy (non-hydrogen) atoms. The van der Waals surface area contributed by atoms with Gasteiger partial charge in [-0.2, -0.15) is 5.10 Å². The fraction of sp³-hybridized carbons (Fsp3) is 0.500. The van der Waals surface area contributed by atoms with Crippen molar-refractivity contribution in [3.05, 3.63) is 36.2 Å². The molecule has 5 heteroatoms. The molecule has 0 bridgehead atoms. The quantitative estimate of drug-likeness (QED) is 0.756. The van der Waals surface area contributed by atoms with Crippen LogP contribution >= 0.6 is 0 Å². The first kappa shape index (κ1) is 11.9. The van der Waals surface area contributed by atoms with Crippen LogP contribution in [0.15, 0.2) is 24.9 Å². The van der Waals surface area contributed by atoms with Gasteiger partial charge in [0.25, 0.3) is 0 Å². The number of aryl methyl sites for hydroxylation is 2. The Kier molecular flexibility index (Phi) is 3.93. The van der Waals surface area contributed by atoms with Crippen molar-refractivity contribution in [2.24, 2.45) is 7.05 Å². The second-order valence-electron chi connectivity index (χ2n) is 4.12. The zero-order valence-electron chi connectivity index (χ0n) is 10.4. The molecular formula is C12H19N5. The largest absolute Gasteiger partial charge is 0.334 e. The molecule has 0 amide bonds. The molecule has 0 radical (unpaired) electrons. The Labute approximate surface area is 101 Å². The van der Waals surface area contributed by atoms with E-state index in [0.29, 0.717) is 0 Å². The molecule has 2 aromatic heterocycles. The Morgan fingerprint density at radius 2 is 2.24 bits per heavy atom. The Morgan fingerprint density at radius 1 is 1.35 bits per heavy atom. The van der Waals surface area contributed by atoms with Crippen molar-refractivity contribution in [1.29, 1.82) is 0 Å². The topological polar surface area (TPSA) is 47.7 Å². The minimum absolute atomic E-state index is 0.869. The third-order valence-corrected chi connectivity index (χ3v) is 2.79. The van der Waals surface area contributed by atoms with E-state index in [1.165, 1.54) is 11.3 Å². The number of aromatic nitrogens is 4. The Morgan fingerprint density at radius 3 is 2.94 bits per heavy atom. The van der Waals surface area contributed by atoms with Crippen LogP contribution in [0.2, 0.25) is 0 Å². The van der Waals surface area contributed by atoms with Crippen LogP contribution in [0.1, 0.15) is 18.2 Å². The van der Waals surface area contributed by atoms with E-state index in [9.17, 15) is 0 Å². The first-order valence-electron chi connectivity index (χ1n) is 5.97. The standard InChI is InChI=1S/C12H19N5/c1-3-17-10-14-8-12(17)7-13-5-4-11-6-15-16(2)9-11/h6,8-10,13H,3-5,7H2,1-2H3. The van der Waals surface area contributed by atoms with Gasteiger partial charge in [-0.05, 0) is 25.5 Å². The lowest BCUT2D eigenvalue weighted by Crippen LogP contribution is -2.18. The monoisotopic (exact) mass is 233 g/mol. The van der Waals surface area contributed by atoms with Crippen molar-refractivity contribution < 1.29 is 0 Å². The van der Waals surface area contributed by atoms with Crippen molar-refractivity contribution in [2.45, 2.75) is 26.4 Å². The number of imidazole rings is 1. The maximum atomic E-state index is 4.15. The van der Waals surface area contributed by atoms with E-state index in [1.807, 2.05) is 30.5 Å². The summed E-state index contributed by atoms with van der Waals surface area (Å²) in [5, 5.41) is 7.57. The molecule has 0 aliphatic carbocycles. The molecule has 0 atom stereocenters. The van der Waals surface area contributed by atoms with Gasteiger partial charge in [0.1, 0.15) is 0 Å². The molecule has 0 spiro atoms. The van der Waals surface area contributed by atoms with Crippen molar-refractivity contribution in [1.82, 2.24) is 24.6 Å². The molecule has 92 valence electrons. The predicted molar refractivity (Wildman–Crippen MR) is 66.5 cm³/mol. The Bertz CT molecular complexity index is 457. The highest BCUT2D eigenvalue weighted by Gasteiger charge is 2.00. The highest BCUT2D eigenvalue weighted by molar-refractivity contribution is 5.04. The fourth-order valence-electron chi connectivity index (χ4n) is 1.83. The number of rotatable bonds is 6. The van der Waals surface area contributed by atoms with Crippen molar-refractivity contribution in [3.63, 3.8) is 0 Å². The second-order valence-corrected chi connectivity index (χ2v) is 4.12. The summed E-state index contributed by atoms with van der Waals surface area (Å²) in [6.45, 7) is 4.93. The van der Waals surface area contributed by atoms with Crippen molar-refractivity contribution >= 4 is 0 Å². The molecule has 0 saturated heterocycles. The third-order valence-electron chi connectivity index (χ3n) is 2.79. The molecule has 0 saturated carbocycles. The molecule has 0 unspecified atom stereocenters. The summed E-state index contributed by atoms with van der Waals surface area (Å²) < 4.78 is 3.98. The van der Waals surface area contributed by atoms with Gasteiger partial charge in [-0.1, -0.05) is 0 Å². The van der Waals surface area contributed by atoms with Gasteiger partial charge in [0.05, 0.1) is 18.2 Å². The molecule has 5 nitrogen and oxygen atoms in total. The molecular weight excluding hydrogens is 214 g/mol. The summed E-state index contributed by atoms with van der Waals surface area (Å²) in [5.41, 5.74) is 2.50. The smallest absolute Gasteiger partial charge is 0.0948 e.